The third-order valence-corrected chi connectivity index (χ3v) is 16.4. The van der Waals surface area contributed by atoms with Gasteiger partial charge in [-0.25, -0.2) is 29.8 Å². The van der Waals surface area contributed by atoms with Crippen LogP contribution in [0.25, 0.3) is 72.1 Å². The van der Waals surface area contributed by atoms with Crippen molar-refractivity contribution in [3.8, 4) is 34.2 Å². The number of fused-ring (bicyclic) bond motifs is 3. The van der Waals surface area contributed by atoms with E-state index in [1.165, 1.54) is 12.5 Å². The molecule has 0 saturated carbocycles. The van der Waals surface area contributed by atoms with Crippen LogP contribution in [0, 0.1) is 75.8 Å². The zero-order valence-electron chi connectivity index (χ0n) is 51.5. The van der Waals surface area contributed by atoms with Gasteiger partial charge in [-0.15, -0.1) is 0 Å². The highest BCUT2D eigenvalue weighted by molar-refractivity contribution is 7.15. The fourth-order valence-corrected chi connectivity index (χ4v) is 10.3. The van der Waals surface area contributed by atoms with E-state index in [1.807, 2.05) is 164 Å². The second-order valence-electron chi connectivity index (χ2n) is 20.4. The normalized spacial score (nSPS) is 10.1. The Labute approximate surface area is 552 Å². The first-order chi connectivity index (χ1) is 42.4. The molecule has 0 bridgehead atoms. The molecule has 4 aromatic carbocycles. The quantitative estimate of drug-likeness (QED) is 0.0261. The number of amides is 1. The van der Waals surface area contributed by atoms with Gasteiger partial charge in [0, 0.05) is 64.7 Å². The van der Waals surface area contributed by atoms with E-state index in [4.69, 9.17) is 23.9 Å². The van der Waals surface area contributed by atoms with Crippen LogP contribution in [0.1, 0.15) is 95.8 Å². The number of halogens is 2. The lowest BCUT2D eigenvalue weighted by Gasteiger charge is -2.08. The fraction of sp³-hybridized carbons (Fsp3) is 0.217. The van der Waals surface area contributed by atoms with Crippen molar-refractivity contribution in [2.45, 2.75) is 98.4 Å². The number of aromatic nitrogens is 11. The Bertz CT molecular complexity index is 4600. The summed E-state index contributed by atoms with van der Waals surface area (Å²) >= 11 is 10.9. The van der Waals surface area contributed by atoms with E-state index in [9.17, 15) is 14.4 Å². The number of aliphatic imine (C=N–C) groups is 1. The molecule has 0 aliphatic heterocycles. The Balaban J connectivity index is 0.000000242. The van der Waals surface area contributed by atoms with Crippen LogP contribution in [0.2, 0.25) is 5.15 Å². The summed E-state index contributed by atoms with van der Waals surface area (Å²) in [6, 6.07) is 38.4. The molecular weight excluding hydrogens is 1230 g/mol. The molecule has 0 spiro atoms. The topological polar surface area (TPSA) is 255 Å². The summed E-state index contributed by atoms with van der Waals surface area (Å²) in [7, 11) is 6.94. The van der Waals surface area contributed by atoms with Gasteiger partial charge in [0.15, 0.2) is 11.6 Å². The van der Waals surface area contributed by atoms with Gasteiger partial charge in [0.25, 0.3) is 11.5 Å². The molecule has 8 heterocycles. The van der Waals surface area contributed by atoms with Gasteiger partial charge < -0.3 is 45.0 Å². The Morgan fingerprint density at radius 3 is 1.45 bits per heavy atom. The summed E-state index contributed by atoms with van der Waals surface area (Å²) in [6.45, 7) is 31.8. The largest absolute Gasteiger partial charge is 0.383 e. The number of aromatic amines is 4. The lowest BCUT2D eigenvalue weighted by atomic mass is 10.2. The summed E-state index contributed by atoms with van der Waals surface area (Å²) in [4.78, 5) is 75.9. The second kappa shape index (κ2) is 33.5. The third kappa shape index (κ3) is 17.1. The highest BCUT2D eigenvalue weighted by Gasteiger charge is 2.20. The van der Waals surface area contributed by atoms with Crippen molar-refractivity contribution in [3.05, 3.63) is 210 Å². The molecule has 12 rings (SSSR count). The highest BCUT2D eigenvalue weighted by atomic mass is 35.5. The molecule has 0 fully saturated rings. The standard InChI is InChI=1S/C15H16N4.C14H12ClN3.C14H14N3OP.C14H13N3O.C7H12N3P.C2H3ClO.3CH4/c1-9-10(2)17-15-12(9)14(16-3)18-13(19-15)11-7-5-4-6-8-11;1-8-9(2)16-14-11(8)12(15)17-13(18-14)10-6-4-3-5-7-10;1-9-10(2)17(19)13(12(9)15-3)16-14(18)11-7-5-4-6-8-11;1-8-9(2)15-13-11(8)14(18)17-12(16-13)10-6-4-3-5-7-10;1-4-5(2)10(11)7(8)6(4)9-3;1-2(3)4;;;/h4-8H,1-3H3,(H2,16,17,18,19);3-7H,1-2H3,(H,16,17,18);4-8H,19H2,1-2H3,(H,16,18);3-7H,1-2H3,(H2,15,16,17,18);3,8,11H2,1-2H3;1H3;3*1H4. The minimum atomic E-state index is -0.361. The monoisotopic (exact) mass is 1310 g/mol. The molecule has 0 aliphatic carbocycles. The lowest BCUT2D eigenvalue weighted by molar-refractivity contribution is -0.109. The number of aryl methyl sites for hydroxylation is 6. The maximum absolute atomic E-state index is 12.1. The molecule has 1 amide bonds. The van der Waals surface area contributed by atoms with Crippen molar-refractivity contribution in [3.63, 3.8) is 0 Å². The van der Waals surface area contributed by atoms with E-state index in [1.54, 1.807) is 28.6 Å². The van der Waals surface area contributed by atoms with E-state index >= 15 is 0 Å². The minimum absolute atomic E-state index is 0. The summed E-state index contributed by atoms with van der Waals surface area (Å²) in [5.41, 5.74) is 23.1. The number of anilines is 3. The maximum atomic E-state index is 12.1. The predicted molar refractivity (Wildman–Crippen MR) is 393 cm³/mol. The number of nitrogens with one attached hydrogen (secondary N) is 6. The van der Waals surface area contributed by atoms with E-state index in [2.05, 4.69) is 116 Å². The molecule has 12 aromatic rings. The van der Waals surface area contributed by atoms with Crippen LogP contribution in [0.5, 0.6) is 0 Å². The van der Waals surface area contributed by atoms with Crippen molar-refractivity contribution in [1.29, 1.82) is 0 Å². The van der Waals surface area contributed by atoms with Crippen LogP contribution < -0.4 is 21.9 Å². The Morgan fingerprint density at radius 1 is 0.598 bits per heavy atom. The first-order valence-electron chi connectivity index (χ1n) is 27.8. The van der Waals surface area contributed by atoms with Gasteiger partial charge >= 0.3 is 0 Å². The van der Waals surface area contributed by atoms with E-state index in [0.717, 1.165) is 107 Å². The highest BCUT2D eigenvalue weighted by Crippen LogP contribution is 2.37. The number of nitrogens with two attached hydrogens (primary N) is 1. The number of carbonyl (C=O) groups is 2. The van der Waals surface area contributed by atoms with Crippen molar-refractivity contribution in [2.24, 2.45) is 4.99 Å². The average molecular weight is 1320 g/mol. The molecule has 92 heavy (non-hydrogen) atoms. The molecule has 23 heteroatoms. The van der Waals surface area contributed by atoms with Crippen LogP contribution >= 0.6 is 42.0 Å². The molecule has 2 atom stereocenters. The molecule has 19 nitrogen and oxygen atoms in total. The summed E-state index contributed by atoms with van der Waals surface area (Å²) in [5, 5.41) is 8.73. The molecular formula is C69H82Cl2N16O3P2. The van der Waals surface area contributed by atoms with Crippen molar-refractivity contribution in [1.82, 2.24) is 53.5 Å². The van der Waals surface area contributed by atoms with Crippen LogP contribution in [-0.2, 0) is 4.79 Å². The molecule has 0 aliphatic rings. The van der Waals surface area contributed by atoms with Gasteiger partial charge in [-0.2, -0.15) is 0 Å². The Hall–Kier alpha value is -9.56. The van der Waals surface area contributed by atoms with Gasteiger partial charge in [0.05, 0.1) is 22.7 Å². The molecule has 8 aromatic heterocycles. The molecule has 480 valence electrons. The number of H-pyrrole nitrogens is 4. The maximum Gasteiger partial charge on any atom is 0.260 e. The van der Waals surface area contributed by atoms with Gasteiger partial charge in [0.2, 0.25) is 10.9 Å². The average Bonchev–Trinajstić information content (AvgIpc) is 1.62. The van der Waals surface area contributed by atoms with Crippen LogP contribution in [-0.4, -0.2) is 78.4 Å². The molecule has 0 radical (unpaired) electrons. The number of nitrogen functional groups attached to an aromatic ring is 1. The molecule has 2 unspecified atom stereocenters. The van der Waals surface area contributed by atoms with E-state index in [0.29, 0.717) is 50.7 Å². The second-order valence-corrected chi connectivity index (χ2v) is 22.4. The number of nitrogens with zero attached hydrogens (tertiary/aromatic N) is 9. The van der Waals surface area contributed by atoms with Gasteiger partial charge in [0.1, 0.15) is 51.1 Å². The first-order valence-corrected chi connectivity index (χ1v) is 29.6. The zero-order chi connectivity index (χ0) is 65.0. The number of carbonyl (C=O) groups excluding carboxylic acids is 2. The number of rotatable bonds is 7. The van der Waals surface area contributed by atoms with Gasteiger partial charge in [-0.05, 0) is 146 Å². The zero-order valence-corrected chi connectivity index (χ0v) is 55.3. The van der Waals surface area contributed by atoms with Crippen molar-refractivity contribution < 1.29 is 9.59 Å². The van der Waals surface area contributed by atoms with Crippen molar-refractivity contribution >= 4 is 122 Å². The smallest absolute Gasteiger partial charge is 0.260 e. The number of hydrogen-bond acceptors (Lipinski definition) is 11. The van der Waals surface area contributed by atoms with Gasteiger partial charge in [-0.3, -0.25) is 19.4 Å². The van der Waals surface area contributed by atoms with E-state index in [-0.39, 0.29) is 39.0 Å². The Morgan fingerprint density at radius 2 is 1.01 bits per heavy atom. The fourth-order valence-electron chi connectivity index (χ4n) is 9.27. The van der Waals surface area contributed by atoms with Crippen LogP contribution in [0.4, 0.5) is 28.8 Å². The lowest BCUT2D eigenvalue weighted by Crippen LogP contribution is -2.13. The SMILES string of the molecule is C.C.C.C=Nc1c(C)c(C)n(P)c1N.CC(=O)Cl.CNc1nc(-c2ccccc2)nc2[nH]c(C)c(C)c12.Cc1[nH]c2nc(-c3ccccc3)[nH]c(=O)c2c1C.Cc1[nH]c2nc(-c3ccccc3)nc(Cl)c2c1C.[C-]#[N+]c1c(C)c(C)n(P)c1NC(=O)c1ccccc1. The van der Waals surface area contributed by atoms with E-state index < -0.39 is 0 Å². The van der Waals surface area contributed by atoms with Crippen LogP contribution in [0.3, 0.4) is 0 Å². The Kier molecular flexibility index (Phi) is 27.3. The molecule has 8 N–H and O–H groups in total. The predicted octanol–water partition coefficient (Wildman–Crippen LogP) is 17.6. The first kappa shape index (κ1) is 74.9. The number of hydrogen-bond donors (Lipinski definition) is 7. The summed E-state index contributed by atoms with van der Waals surface area (Å²) in [5.74, 6) is 3.80. The summed E-state index contributed by atoms with van der Waals surface area (Å²) in [6.07, 6.45) is 0. The third-order valence-electron chi connectivity index (χ3n) is 14.8. The minimum Gasteiger partial charge on any atom is -0.383 e. The summed E-state index contributed by atoms with van der Waals surface area (Å²) < 4.78 is 3.59. The number of benzene rings is 4. The van der Waals surface area contributed by atoms with Gasteiger partial charge in [-0.1, -0.05) is 143 Å². The van der Waals surface area contributed by atoms with Crippen LogP contribution in [0.15, 0.2) is 131 Å². The van der Waals surface area contributed by atoms with Crippen molar-refractivity contribution in [2.75, 3.05) is 23.4 Å². The molecule has 0 saturated heterocycles.